The number of amides is 1. The Morgan fingerprint density at radius 1 is 1.24 bits per heavy atom. The first-order valence-electron chi connectivity index (χ1n) is 6.44. The van der Waals surface area contributed by atoms with E-state index in [1.54, 1.807) is 4.90 Å². The molecule has 0 bridgehead atoms. The van der Waals surface area contributed by atoms with Crippen LogP contribution < -0.4 is 0 Å². The number of rotatable bonds is 8. The fourth-order valence-corrected chi connectivity index (χ4v) is 1.94. The van der Waals surface area contributed by atoms with Crippen molar-refractivity contribution in [3.05, 3.63) is 0 Å². The first-order chi connectivity index (χ1) is 7.93. The van der Waals surface area contributed by atoms with E-state index in [0.29, 0.717) is 19.0 Å². The third-order valence-corrected chi connectivity index (χ3v) is 3.01. The lowest BCUT2D eigenvalue weighted by atomic mass is 9.90. The number of aliphatic carboxylic acids is 1. The first-order valence-corrected chi connectivity index (χ1v) is 6.44. The summed E-state index contributed by atoms with van der Waals surface area (Å²) < 4.78 is 0. The van der Waals surface area contributed by atoms with Crippen LogP contribution in [0.3, 0.4) is 0 Å². The molecule has 1 amide bonds. The zero-order valence-corrected chi connectivity index (χ0v) is 11.4. The van der Waals surface area contributed by atoms with E-state index in [4.69, 9.17) is 5.11 Å². The number of hydrogen-bond donors (Lipinski definition) is 1. The molecule has 17 heavy (non-hydrogen) atoms. The van der Waals surface area contributed by atoms with Gasteiger partial charge in [0.1, 0.15) is 0 Å². The third-order valence-electron chi connectivity index (χ3n) is 3.01. The highest BCUT2D eigenvalue weighted by atomic mass is 16.4. The summed E-state index contributed by atoms with van der Waals surface area (Å²) in [6.45, 7) is 8.95. The fraction of sp³-hybridized carbons (Fsp3) is 0.846. The largest absolute Gasteiger partial charge is 0.481 e. The van der Waals surface area contributed by atoms with E-state index in [-0.39, 0.29) is 18.2 Å². The Morgan fingerprint density at radius 2 is 1.82 bits per heavy atom. The maximum absolute atomic E-state index is 12.3. The second-order valence-corrected chi connectivity index (χ2v) is 4.70. The normalized spacial score (nSPS) is 12.5. The molecule has 4 heteroatoms. The van der Waals surface area contributed by atoms with Crippen LogP contribution in [0.1, 0.15) is 47.0 Å². The van der Waals surface area contributed by atoms with Crippen molar-refractivity contribution >= 4 is 11.9 Å². The van der Waals surface area contributed by atoms with Gasteiger partial charge in [0.05, 0.1) is 6.42 Å². The van der Waals surface area contributed by atoms with E-state index in [0.717, 1.165) is 12.8 Å². The number of hydrogen-bond acceptors (Lipinski definition) is 2. The van der Waals surface area contributed by atoms with E-state index in [9.17, 15) is 9.59 Å². The van der Waals surface area contributed by atoms with Crippen LogP contribution in [0.2, 0.25) is 0 Å². The van der Waals surface area contributed by atoms with Crippen LogP contribution in [-0.2, 0) is 9.59 Å². The molecule has 1 atom stereocenters. The standard InChI is InChI=1S/C13H25NO3/c1-5-7-11(10(3)4)13(17)14(6-2)9-8-12(15)16/h10-11H,5-9H2,1-4H3,(H,15,16). The average Bonchev–Trinajstić information content (AvgIpc) is 2.25. The molecule has 1 unspecified atom stereocenters. The van der Waals surface area contributed by atoms with Gasteiger partial charge >= 0.3 is 5.97 Å². The van der Waals surface area contributed by atoms with Gasteiger partial charge < -0.3 is 10.0 Å². The molecule has 0 aromatic heterocycles. The molecule has 0 aromatic rings. The van der Waals surface area contributed by atoms with Crippen molar-refractivity contribution in [3.63, 3.8) is 0 Å². The van der Waals surface area contributed by atoms with Gasteiger partial charge in [-0.05, 0) is 19.3 Å². The molecule has 0 aliphatic rings. The van der Waals surface area contributed by atoms with Gasteiger partial charge in [-0.25, -0.2) is 0 Å². The maximum Gasteiger partial charge on any atom is 0.305 e. The van der Waals surface area contributed by atoms with Gasteiger partial charge in [0.15, 0.2) is 0 Å². The quantitative estimate of drug-likeness (QED) is 0.712. The van der Waals surface area contributed by atoms with Gasteiger partial charge in [-0.1, -0.05) is 27.2 Å². The van der Waals surface area contributed by atoms with Crippen LogP contribution in [0.15, 0.2) is 0 Å². The second-order valence-electron chi connectivity index (χ2n) is 4.70. The minimum atomic E-state index is -0.854. The van der Waals surface area contributed by atoms with Crippen molar-refractivity contribution in [2.45, 2.75) is 47.0 Å². The van der Waals surface area contributed by atoms with Crippen LogP contribution in [0.4, 0.5) is 0 Å². The van der Waals surface area contributed by atoms with Gasteiger partial charge in [-0.15, -0.1) is 0 Å². The molecule has 4 nitrogen and oxygen atoms in total. The molecule has 1 N–H and O–H groups in total. The Balaban J connectivity index is 4.52. The highest BCUT2D eigenvalue weighted by molar-refractivity contribution is 5.79. The first kappa shape index (κ1) is 15.9. The molecule has 100 valence electrons. The van der Waals surface area contributed by atoms with Crippen LogP contribution in [0.5, 0.6) is 0 Å². The molecule has 0 saturated heterocycles. The van der Waals surface area contributed by atoms with E-state index in [1.807, 2.05) is 20.8 Å². The Hall–Kier alpha value is -1.06. The zero-order valence-electron chi connectivity index (χ0n) is 11.4. The lowest BCUT2D eigenvalue weighted by Gasteiger charge is -2.28. The highest BCUT2D eigenvalue weighted by Crippen LogP contribution is 2.20. The van der Waals surface area contributed by atoms with Crippen molar-refractivity contribution < 1.29 is 14.7 Å². The number of carboxylic acids is 1. The summed E-state index contributed by atoms with van der Waals surface area (Å²) >= 11 is 0. The molecule has 0 rings (SSSR count). The summed E-state index contributed by atoms with van der Waals surface area (Å²) in [6.07, 6.45) is 1.88. The fourth-order valence-electron chi connectivity index (χ4n) is 1.94. The molecular weight excluding hydrogens is 218 g/mol. The molecule has 0 aromatic carbocycles. The molecule has 0 fully saturated rings. The van der Waals surface area contributed by atoms with Crippen molar-refractivity contribution in [1.82, 2.24) is 4.90 Å². The molecule has 0 saturated carbocycles. The SMILES string of the molecule is CCCC(C(=O)N(CC)CCC(=O)O)C(C)C. The predicted molar refractivity (Wildman–Crippen MR) is 67.7 cm³/mol. The Morgan fingerprint density at radius 3 is 2.18 bits per heavy atom. The number of carbonyl (C=O) groups excluding carboxylic acids is 1. The summed E-state index contributed by atoms with van der Waals surface area (Å²) in [5.74, 6) is -0.423. The Labute approximate surface area is 104 Å². The highest BCUT2D eigenvalue weighted by Gasteiger charge is 2.25. The monoisotopic (exact) mass is 243 g/mol. The molecule has 0 spiro atoms. The lowest BCUT2D eigenvalue weighted by Crippen LogP contribution is -2.39. The summed E-state index contributed by atoms with van der Waals surface area (Å²) in [5, 5.41) is 8.65. The summed E-state index contributed by atoms with van der Waals surface area (Å²) in [4.78, 5) is 24.4. The molecule has 0 heterocycles. The summed E-state index contributed by atoms with van der Waals surface area (Å²) in [6, 6.07) is 0. The Kier molecular flexibility index (Phi) is 7.59. The van der Waals surface area contributed by atoms with Crippen LogP contribution in [0, 0.1) is 11.8 Å². The van der Waals surface area contributed by atoms with Crippen molar-refractivity contribution in [2.24, 2.45) is 11.8 Å². The Bertz CT molecular complexity index is 251. The molecule has 0 aliphatic heterocycles. The van der Waals surface area contributed by atoms with E-state index in [2.05, 4.69) is 6.92 Å². The van der Waals surface area contributed by atoms with Crippen LogP contribution in [-0.4, -0.2) is 35.0 Å². The molecule has 0 aliphatic carbocycles. The molecule has 0 radical (unpaired) electrons. The third kappa shape index (κ3) is 5.71. The number of carboxylic acid groups (broad SMARTS) is 1. The van der Waals surface area contributed by atoms with Crippen molar-refractivity contribution in [2.75, 3.05) is 13.1 Å². The minimum absolute atomic E-state index is 0.0220. The summed E-state index contributed by atoms with van der Waals surface area (Å²) in [7, 11) is 0. The van der Waals surface area contributed by atoms with Gasteiger partial charge in [0.2, 0.25) is 5.91 Å². The van der Waals surface area contributed by atoms with E-state index >= 15 is 0 Å². The van der Waals surface area contributed by atoms with Crippen molar-refractivity contribution in [1.29, 1.82) is 0 Å². The number of nitrogens with zero attached hydrogens (tertiary/aromatic N) is 1. The van der Waals surface area contributed by atoms with E-state index in [1.165, 1.54) is 0 Å². The van der Waals surface area contributed by atoms with Crippen molar-refractivity contribution in [3.8, 4) is 0 Å². The molecular formula is C13H25NO3. The topological polar surface area (TPSA) is 57.6 Å². The zero-order chi connectivity index (χ0) is 13.4. The van der Waals surface area contributed by atoms with Gasteiger partial charge in [-0.3, -0.25) is 9.59 Å². The minimum Gasteiger partial charge on any atom is -0.481 e. The van der Waals surface area contributed by atoms with Gasteiger partial charge in [0.25, 0.3) is 0 Å². The van der Waals surface area contributed by atoms with Gasteiger partial charge in [0, 0.05) is 19.0 Å². The lowest BCUT2D eigenvalue weighted by molar-refractivity contribution is -0.140. The second kappa shape index (κ2) is 8.09. The maximum atomic E-state index is 12.3. The number of carbonyl (C=O) groups is 2. The average molecular weight is 243 g/mol. The van der Waals surface area contributed by atoms with E-state index < -0.39 is 5.97 Å². The summed E-state index contributed by atoms with van der Waals surface area (Å²) in [5.41, 5.74) is 0. The predicted octanol–water partition coefficient (Wildman–Crippen LogP) is 2.38. The smallest absolute Gasteiger partial charge is 0.305 e. The van der Waals surface area contributed by atoms with Gasteiger partial charge in [-0.2, -0.15) is 0 Å². The van der Waals surface area contributed by atoms with Crippen LogP contribution >= 0.6 is 0 Å². The van der Waals surface area contributed by atoms with Crippen LogP contribution in [0.25, 0.3) is 0 Å².